The standard InChI is InChI=1S/C15H23N3O3/c1-21-14-7-6-11(17)9-13(14)15(20)18-12(10-19)5-3-2-4-8-16/h6-7,9-10,12H,2-5,8,16-17H2,1H3,(H,18,20)/t12-/m0/s1. The van der Waals surface area contributed by atoms with E-state index in [1.807, 2.05) is 0 Å². The molecule has 1 atom stereocenters. The molecule has 0 unspecified atom stereocenters. The predicted octanol–water partition coefficient (Wildman–Crippen LogP) is 1.09. The predicted molar refractivity (Wildman–Crippen MR) is 82.2 cm³/mol. The van der Waals surface area contributed by atoms with Gasteiger partial charge in [0.1, 0.15) is 12.0 Å². The van der Waals surface area contributed by atoms with Crippen LogP contribution in [-0.2, 0) is 4.79 Å². The summed E-state index contributed by atoms with van der Waals surface area (Å²) in [5, 5.41) is 2.69. The smallest absolute Gasteiger partial charge is 0.255 e. The van der Waals surface area contributed by atoms with Crippen LogP contribution in [0.5, 0.6) is 5.75 Å². The lowest BCUT2D eigenvalue weighted by atomic mass is 10.1. The van der Waals surface area contributed by atoms with Crippen LogP contribution in [0, 0.1) is 0 Å². The zero-order chi connectivity index (χ0) is 15.7. The minimum Gasteiger partial charge on any atom is -0.496 e. The molecule has 1 aromatic carbocycles. The molecule has 0 heterocycles. The monoisotopic (exact) mass is 293 g/mol. The fraction of sp³-hybridized carbons (Fsp3) is 0.467. The van der Waals surface area contributed by atoms with Gasteiger partial charge in [-0.1, -0.05) is 12.8 Å². The van der Waals surface area contributed by atoms with Crippen LogP contribution >= 0.6 is 0 Å². The molecule has 1 aromatic rings. The van der Waals surface area contributed by atoms with Crippen LogP contribution < -0.4 is 21.5 Å². The third-order valence-electron chi connectivity index (χ3n) is 3.17. The van der Waals surface area contributed by atoms with Gasteiger partial charge in [0.05, 0.1) is 18.7 Å². The van der Waals surface area contributed by atoms with Gasteiger partial charge in [-0.3, -0.25) is 4.79 Å². The number of benzene rings is 1. The second-order valence-electron chi connectivity index (χ2n) is 4.81. The molecule has 1 rings (SSSR count). The Morgan fingerprint density at radius 1 is 1.38 bits per heavy atom. The molecule has 0 fully saturated rings. The first kappa shape index (κ1) is 17.0. The summed E-state index contributed by atoms with van der Waals surface area (Å²) < 4.78 is 5.13. The number of unbranched alkanes of at least 4 members (excludes halogenated alkanes) is 2. The number of nitrogen functional groups attached to an aromatic ring is 1. The van der Waals surface area contributed by atoms with Gasteiger partial charge in [-0.25, -0.2) is 0 Å². The number of carbonyl (C=O) groups excluding carboxylic acids is 2. The number of rotatable bonds is 9. The quantitative estimate of drug-likeness (QED) is 0.359. The molecule has 0 bridgehead atoms. The summed E-state index contributed by atoms with van der Waals surface area (Å²) in [6.45, 7) is 0.638. The van der Waals surface area contributed by atoms with Crippen LogP contribution in [0.1, 0.15) is 36.0 Å². The molecule has 116 valence electrons. The van der Waals surface area contributed by atoms with Gasteiger partial charge >= 0.3 is 0 Å². The van der Waals surface area contributed by atoms with Gasteiger partial charge in [-0.2, -0.15) is 0 Å². The van der Waals surface area contributed by atoms with Gasteiger partial charge in [-0.05, 0) is 37.6 Å². The van der Waals surface area contributed by atoms with Gasteiger partial charge in [0.15, 0.2) is 0 Å². The lowest BCUT2D eigenvalue weighted by Crippen LogP contribution is -2.36. The maximum Gasteiger partial charge on any atom is 0.255 e. The Balaban J connectivity index is 2.65. The summed E-state index contributed by atoms with van der Waals surface area (Å²) in [5.74, 6) is 0.0598. The topological polar surface area (TPSA) is 107 Å². The van der Waals surface area contributed by atoms with Crippen molar-refractivity contribution in [3.05, 3.63) is 23.8 Å². The van der Waals surface area contributed by atoms with Gasteiger partial charge in [0.2, 0.25) is 0 Å². The fourth-order valence-electron chi connectivity index (χ4n) is 2.01. The number of methoxy groups -OCH3 is 1. The number of anilines is 1. The molecule has 0 aliphatic heterocycles. The van der Waals surface area contributed by atoms with Crippen LogP contribution in [0.25, 0.3) is 0 Å². The average Bonchev–Trinajstić information content (AvgIpc) is 2.50. The average molecular weight is 293 g/mol. The Morgan fingerprint density at radius 2 is 2.14 bits per heavy atom. The third-order valence-corrected chi connectivity index (χ3v) is 3.17. The molecule has 0 aliphatic carbocycles. The van der Waals surface area contributed by atoms with Gasteiger partial charge in [-0.15, -0.1) is 0 Å². The zero-order valence-electron chi connectivity index (χ0n) is 12.3. The molecular formula is C15H23N3O3. The first-order chi connectivity index (χ1) is 10.1. The maximum absolute atomic E-state index is 12.2. The van der Waals surface area contributed by atoms with E-state index in [2.05, 4.69) is 5.32 Å². The van der Waals surface area contributed by atoms with Crippen molar-refractivity contribution in [2.45, 2.75) is 31.7 Å². The van der Waals surface area contributed by atoms with Crippen molar-refractivity contribution in [2.24, 2.45) is 5.73 Å². The normalized spacial score (nSPS) is 11.7. The minimum absolute atomic E-state index is 0.325. The summed E-state index contributed by atoms with van der Waals surface area (Å²) in [5.41, 5.74) is 11.9. The molecule has 6 nitrogen and oxygen atoms in total. The number of amides is 1. The highest BCUT2D eigenvalue weighted by Crippen LogP contribution is 2.21. The van der Waals surface area contributed by atoms with Crippen LogP contribution in [0.4, 0.5) is 5.69 Å². The molecular weight excluding hydrogens is 270 g/mol. The molecule has 0 saturated heterocycles. The first-order valence-electron chi connectivity index (χ1n) is 7.02. The molecule has 0 aliphatic rings. The van der Waals surface area contributed by atoms with E-state index in [0.29, 0.717) is 30.0 Å². The van der Waals surface area contributed by atoms with Gasteiger partial charge in [0.25, 0.3) is 5.91 Å². The lowest BCUT2D eigenvalue weighted by molar-refractivity contribution is -0.109. The van der Waals surface area contributed by atoms with E-state index in [1.165, 1.54) is 13.2 Å². The molecule has 6 heteroatoms. The van der Waals surface area contributed by atoms with E-state index in [4.69, 9.17) is 16.2 Å². The Labute approximate surface area is 124 Å². The van der Waals surface area contributed by atoms with E-state index in [0.717, 1.165) is 25.5 Å². The van der Waals surface area contributed by atoms with Crippen LogP contribution in [0.2, 0.25) is 0 Å². The maximum atomic E-state index is 12.2. The highest BCUT2D eigenvalue weighted by molar-refractivity contribution is 5.99. The summed E-state index contributed by atoms with van der Waals surface area (Å²) in [4.78, 5) is 23.3. The zero-order valence-corrected chi connectivity index (χ0v) is 12.3. The number of nitrogens with two attached hydrogens (primary N) is 2. The molecule has 5 N–H and O–H groups in total. The number of hydrogen-bond donors (Lipinski definition) is 3. The fourth-order valence-corrected chi connectivity index (χ4v) is 2.01. The minimum atomic E-state index is -0.513. The Hall–Kier alpha value is -2.08. The molecule has 0 spiro atoms. The number of nitrogens with one attached hydrogen (secondary N) is 1. The van der Waals surface area contributed by atoms with Crippen molar-refractivity contribution < 1.29 is 14.3 Å². The van der Waals surface area contributed by atoms with E-state index >= 15 is 0 Å². The van der Waals surface area contributed by atoms with Crippen molar-refractivity contribution in [1.82, 2.24) is 5.32 Å². The van der Waals surface area contributed by atoms with Gasteiger partial charge < -0.3 is 26.3 Å². The highest BCUT2D eigenvalue weighted by Gasteiger charge is 2.16. The Bertz CT molecular complexity index is 477. The SMILES string of the molecule is COc1ccc(N)cc1C(=O)N[C@H](C=O)CCCCCN. The Kier molecular flexibility index (Phi) is 7.25. The van der Waals surface area contributed by atoms with Crippen LogP contribution in [-0.4, -0.2) is 31.9 Å². The number of aldehydes is 1. The number of ether oxygens (including phenoxy) is 1. The van der Waals surface area contributed by atoms with E-state index < -0.39 is 6.04 Å². The molecule has 0 aromatic heterocycles. The third kappa shape index (κ3) is 5.43. The summed E-state index contributed by atoms with van der Waals surface area (Å²) in [6, 6.07) is 4.30. The van der Waals surface area contributed by atoms with Crippen molar-refractivity contribution in [1.29, 1.82) is 0 Å². The van der Waals surface area contributed by atoms with Crippen LogP contribution in [0.3, 0.4) is 0 Å². The summed E-state index contributed by atoms with van der Waals surface area (Å²) >= 11 is 0. The van der Waals surface area contributed by atoms with E-state index in [1.54, 1.807) is 12.1 Å². The summed E-state index contributed by atoms with van der Waals surface area (Å²) in [6.07, 6.45) is 4.05. The largest absolute Gasteiger partial charge is 0.496 e. The second kappa shape index (κ2) is 8.97. The molecule has 21 heavy (non-hydrogen) atoms. The first-order valence-corrected chi connectivity index (χ1v) is 7.02. The molecule has 0 saturated carbocycles. The van der Waals surface area contributed by atoms with Crippen LogP contribution in [0.15, 0.2) is 18.2 Å². The van der Waals surface area contributed by atoms with Gasteiger partial charge in [0, 0.05) is 5.69 Å². The highest BCUT2D eigenvalue weighted by atomic mass is 16.5. The van der Waals surface area contributed by atoms with Crippen molar-refractivity contribution in [3.8, 4) is 5.75 Å². The van der Waals surface area contributed by atoms with E-state index in [9.17, 15) is 9.59 Å². The second-order valence-corrected chi connectivity index (χ2v) is 4.81. The van der Waals surface area contributed by atoms with Crippen molar-refractivity contribution in [2.75, 3.05) is 19.4 Å². The van der Waals surface area contributed by atoms with Crippen molar-refractivity contribution >= 4 is 17.9 Å². The van der Waals surface area contributed by atoms with E-state index in [-0.39, 0.29) is 5.91 Å². The number of carbonyl (C=O) groups is 2. The molecule has 1 amide bonds. The lowest BCUT2D eigenvalue weighted by Gasteiger charge is -2.14. The number of hydrogen-bond acceptors (Lipinski definition) is 5. The van der Waals surface area contributed by atoms with Crippen molar-refractivity contribution in [3.63, 3.8) is 0 Å². The summed E-state index contributed by atoms with van der Waals surface area (Å²) in [7, 11) is 1.48. The molecule has 0 radical (unpaired) electrons. The Morgan fingerprint density at radius 3 is 2.76 bits per heavy atom.